The van der Waals surface area contributed by atoms with E-state index in [2.05, 4.69) is 44.7 Å². The SMILES string of the molecule is Cc1cc(C)c(C(=O)Oc2cc(C)c(N=C=S)c(F)c2)c(F)c1.Cc1ccc(C(=O)Oc2cc(C)c(N=C=S)c(F)c2)cc1. The highest BCUT2D eigenvalue weighted by Gasteiger charge is 2.19. The number of carbonyl (C=O) groups is 2. The second-order valence-corrected chi connectivity index (χ2v) is 10.00. The van der Waals surface area contributed by atoms with Crippen molar-refractivity contribution in [2.24, 2.45) is 9.98 Å². The molecule has 6 nitrogen and oxygen atoms in total. The molecule has 0 aromatic heterocycles. The fourth-order valence-corrected chi connectivity index (χ4v) is 4.27. The van der Waals surface area contributed by atoms with Gasteiger partial charge in [-0.3, -0.25) is 0 Å². The number of halogens is 3. The summed E-state index contributed by atoms with van der Waals surface area (Å²) in [6, 6.07) is 14.9. The first-order valence-electron chi connectivity index (χ1n) is 12.9. The van der Waals surface area contributed by atoms with Gasteiger partial charge >= 0.3 is 11.9 Å². The molecule has 0 bridgehead atoms. The Morgan fingerprint density at radius 3 is 1.52 bits per heavy atom. The zero-order chi connectivity index (χ0) is 32.6. The van der Waals surface area contributed by atoms with Gasteiger partial charge in [0.25, 0.3) is 0 Å². The summed E-state index contributed by atoms with van der Waals surface area (Å²) in [5.74, 6) is -3.33. The number of thiocarbonyl (C=S) groups is 2. The van der Waals surface area contributed by atoms with Crippen LogP contribution in [0.25, 0.3) is 0 Å². The maximum atomic E-state index is 14.0. The highest BCUT2D eigenvalue weighted by molar-refractivity contribution is 7.78. The van der Waals surface area contributed by atoms with Gasteiger partial charge in [0, 0.05) is 12.1 Å². The molecule has 224 valence electrons. The molecule has 0 unspecified atom stereocenters. The molecule has 0 atom stereocenters. The molecule has 0 N–H and O–H groups in total. The third kappa shape index (κ3) is 8.63. The van der Waals surface area contributed by atoms with Crippen LogP contribution in [0.4, 0.5) is 24.5 Å². The zero-order valence-corrected chi connectivity index (χ0v) is 25.9. The third-order valence-corrected chi connectivity index (χ3v) is 6.30. The van der Waals surface area contributed by atoms with Crippen LogP contribution in [0.2, 0.25) is 0 Å². The van der Waals surface area contributed by atoms with Crippen molar-refractivity contribution in [1.29, 1.82) is 0 Å². The standard InChI is InChI=1S/C17H13F2NO2S.C16H12FNO2S/c1-9-4-10(2)15(13(18)5-9)17(21)22-12-6-11(3)16(20-8-23)14(19)7-12;1-10-3-5-12(6-4-10)16(19)20-13-7-11(2)15(18-9-21)14(17)8-13/h4-7H,1-3H3;3-8H,1-2H3. The molecule has 0 saturated heterocycles. The lowest BCUT2D eigenvalue weighted by atomic mass is 10.1. The predicted octanol–water partition coefficient (Wildman–Crippen LogP) is 9.24. The Hall–Kier alpha value is -4.79. The molecule has 0 saturated carbocycles. The van der Waals surface area contributed by atoms with Gasteiger partial charge in [-0.05, 0) is 112 Å². The van der Waals surface area contributed by atoms with Gasteiger partial charge in [0.1, 0.15) is 28.7 Å². The number of hydrogen-bond acceptors (Lipinski definition) is 8. The summed E-state index contributed by atoms with van der Waals surface area (Å²) in [7, 11) is 0. The lowest BCUT2D eigenvalue weighted by Crippen LogP contribution is -2.13. The first kappa shape index (κ1) is 33.7. The Kier molecular flexibility index (Phi) is 11.6. The van der Waals surface area contributed by atoms with E-state index in [9.17, 15) is 22.8 Å². The van der Waals surface area contributed by atoms with Crippen molar-refractivity contribution in [3.63, 3.8) is 0 Å². The average Bonchev–Trinajstić information content (AvgIpc) is 2.93. The fourth-order valence-electron chi connectivity index (χ4n) is 4.09. The molecule has 0 aliphatic rings. The van der Waals surface area contributed by atoms with Crippen LogP contribution < -0.4 is 9.47 Å². The Labute approximate surface area is 262 Å². The molecule has 0 heterocycles. The van der Waals surface area contributed by atoms with Gasteiger partial charge in [-0.15, -0.1) is 0 Å². The van der Waals surface area contributed by atoms with Crippen LogP contribution in [0, 0.1) is 52.1 Å². The Morgan fingerprint density at radius 2 is 1.09 bits per heavy atom. The second kappa shape index (κ2) is 15.1. The van der Waals surface area contributed by atoms with E-state index in [0.29, 0.717) is 27.8 Å². The summed E-state index contributed by atoms with van der Waals surface area (Å²) >= 11 is 8.91. The number of ether oxygens (including phenoxy) is 2. The van der Waals surface area contributed by atoms with E-state index < -0.39 is 29.4 Å². The normalized spacial score (nSPS) is 10.0. The molecule has 0 amide bonds. The molecular formula is C33H25F3N2O4S2. The zero-order valence-electron chi connectivity index (χ0n) is 24.3. The van der Waals surface area contributed by atoms with Gasteiger partial charge < -0.3 is 9.47 Å². The Balaban J connectivity index is 0.000000241. The number of benzene rings is 4. The molecule has 0 fully saturated rings. The largest absolute Gasteiger partial charge is 0.423 e. The van der Waals surface area contributed by atoms with E-state index in [0.717, 1.165) is 17.7 Å². The lowest BCUT2D eigenvalue weighted by Gasteiger charge is -2.10. The van der Waals surface area contributed by atoms with E-state index in [1.807, 2.05) is 6.92 Å². The minimum absolute atomic E-state index is 0.0255. The second-order valence-electron chi connectivity index (χ2n) is 9.63. The van der Waals surface area contributed by atoms with Crippen molar-refractivity contribution in [2.45, 2.75) is 34.6 Å². The first-order chi connectivity index (χ1) is 20.8. The average molecular weight is 635 g/mol. The van der Waals surface area contributed by atoms with Gasteiger partial charge in [-0.1, -0.05) is 23.8 Å². The van der Waals surface area contributed by atoms with Crippen LogP contribution in [-0.2, 0) is 0 Å². The molecular weight excluding hydrogens is 610 g/mol. The highest BCUT2D eigenvalue weighted by atomic mass is 32.1. The molecule has 4 rings (SSSR count). The predicted molar refractivity (Wildman–Crippen MR) is 169 cm³/mol. The third-order valence-electron chi connectivity index (χ3n) is 6.11. The summed E-state index contributed by atoms with van der Waals surface area (Å²) in [5, 5.41) is 4.20. The number of esters is 2. The number of isothiocyanates is 2. The van der Waals surface area contributed by atoms with Crippen LogP contribution in [0.5, 0.6) is 11.5 Å². The minimum Gasteiger partial charge on any atom is -0.423 e. The summed E-state index contributed by atoms with van der Waals surface area (Å²) in [6.07, 6.45) is 0. The van der Waals surface area contributed by atoms with E-state index in [1.165, 1.54) is 18.2 Å². The Bertz CT molecular complexity index is 1780. The van der Waals surface area contributed by atoms with E-state index in [4.69, 9.17) is 9.47 Å². The van der Waals surface area contributed by atoms with Gasteiger partial charge in [-0.25, -0.2) is 22.8 Å². The van der Waals surface area contributed by atoms with Crippen molar-refractivity contribution in [2.75, 3.05) is 0 Å². The monoisotopic (exact) mass is 634 g/mol. The van der Waals surface area contributed by atoms with Crippen molar-refractivity contribution in [3.8, 4) is 11.5 Å². The topological polar surface area (TPSA) is 77.3 Å². The number of hydrogen-bond donors (Lipinski definition) is 0. The molecule has 44 heavy (non-hydrogen) atoms. The molecule has 11 heteroatoms. The van der Waals surface area contributed by atoms with Crippen molar-refractivity contribution >= 4 is 58.1 Å². The van der Waals surface area contributed by atoms with Crippen LogP contribution in [0.3, 0.4) is 0 Å². The maximum Gasteiger partial charge on any atom is 0.346 e. The van der Waals surface area contributed by atoms with Gasteiger partial charge in [0.15, 0.2) is 11.6 Å². The number of rotatable bonds is 6. The number of aryl methyl sites for hydroxylation is 5. The molecule has 0 aliphatic heterocycles. The summed E-state index contributed by atoms with van der Waals surface area (Å²) in [5.41, 5.74) is 3.47. The van der Waals surface area contributed by atoms with Gasteiger partial charge in [0.05, 0.1) is 21.4 Å². The fraction of sp³-hybridized carbons (Fsp3) is 0.152. The van der Waals surface area contributed by atoms with Crippen LogP contribution in [-0.4, -0.2) is 22.3 Å². The number of aliphatic imine (C=N–C) groups is 2. The molecule has 0 spiro atoms. The maximum absolute atomic E-state index is 14.0. The minimum atomic E-state index is -0.884. The smallest absolute Gasteiger partial charge is 0.346 e. The van der Waals surface area contributed by atoms with Crippen LogP contribution in [0.15, 0.2) is 70.6 Å². The quantitative estimate of drug-likeness (QED) is 0.0911. The van der Waals surface area contributed by atoms with Gasteiger partial charge in [-0.2, -0.15) is 9.98 Å². The Morgan fingerprint density at radius 1 is 0.614 bits per heavy atom. The van der Waals surface area contributed by atoms with Crippen LogP contribution >= 0.6 is 24.4 Å². The molecule has 0 radical (unpaired) electrons. The van der Waals surface area contributed by atoms with E-state index >= 15 is 0 Å². The summed E-state index contributed by atoms with van der Waals surface area (Å²) in [4.78, 5) is 31.4. The van der Waals surface area contributed by atoms with E-state index in [1.54, 1.807) is 58.0 Å². The number of nitrogens with zero attached hydrogens (tertiary/aromatic N) is 2. The van der Waals surface area contributed by atoms with Crippen LogP contribution in [0.1, 0.15) is 48.5 Å². The number of carbonyl (C=O) groups excluding carboxylic acids is 2. The van der Waals surface area contributed by atoms with Gasteiger partial charge in [0.2, 0.25) is 0 Å². The van der Waals surface area contributed by atoms with Crippen molar-refractivity contribution in [3.05, 3.63) is 117 Å². The summed E-state index contributed by atoms with van der Waals surface area (Å²) in [6.45, 7) is 8.49. The van der Waals surface area contributed by atoms with Crippen molar-refractivity contribution in [1.82, 2.24) is 0 Å². The molecule has 4 aromatic carbocycles. The first-order valence-corrected chi connectivity index (χ1v) is 13.7. The lowest BCUT2D eigenvalue weighted by molar-refractivity contribution is 0.0721. The van der Waals surface area contributed by atoms with Crippen molar-refractivity contribution < 1.29 is 32.2 Å². The molecule has 0 aliphatic carbocycles. The molecule has 4 aromatic rings. The summed E-state index contributed by atoms with van der Waals surface area (Å²) < 4.78 is 52.0. The highest BCUT2D eigenvalue weighted by Crippen LogP contribution is 2.30. The van der Waals surface area contributed by atoms with E-state index in [-0.39, 0.29) is 28.4 Å².